The summed E-state index contributed by atoms with van der Waals surface area (Å²) in [5.74, 6) is -0.345. The Morgan fingerprint density at radius 3 is 2.64 bits per heavy atom. The van der Waals surface area contributed by atoms with E-state index >= 15 is 0 Å². The fourth-order valence-electron chi connectivity index (χ4n) is 3.49. The van der Waals surface area contributed by atoms with Gasteiger partial charge in [-0.25, -0.2) is 4.39 Å². The molecular formula is C19H23FN2O3. The molecule has 3 rings (SSSR count). The molecule has 0 radical (unpaired) electrons. The molecule has 0 aliphatic carbocycles. The smallest absolute Gasteiger partial charge is 0.245 e. The molecule has 1 unspecified atom stereocenters. The number of amides is 2. The lowest BCUT2D eigenvalue weighted by atomic mass is 9.94. The Bertz CT molecular complexity index is 656. The van der Waals surface area contributed by atoms with Crippen LogP contribution >= 0.6 is 0 Å². The molecule has 2 amide bonds. The quantitative estimate of drug-likeness (QED) is 0.788. The lowest BCUT2D eigenvalue weighted by Gasteiger charge is -2.37. The Balaban J connectivity index is 1.59. The van der Waals surface area contributed by atoms with Gasteiger partial charge in [0.15, 0.2) is 0 Å². The van der Waals surface area contributed by atoms with Gasteiger partial charge in [-0.3, -0.25) is 9.59 Å². The van der Waals surface area contributed by atoms with Crippen molar-refractivity contribution in [2.75, 3.05) is 32.8 Å². The van der Waals surface area contributed by atoms with E-state index in [2.05, 4.69) is 6.58 Å². The van der Waals surface area contributed by atoms with Gasteiger partial charge >= 0.3 is 0 Å². The van der Waals surface area contributed by atoms with E-state index in [1.807, 2.05) is 11.0 Å². The molecule has 0 aromatic heterocycles. The monoisotopic (exact) mass is 346 g/mol. The number of hydrogen-bond acceptors (Lipinski definition) is 3. The van der Waals surface area contributed by atoms with E-state index in [4.69, 9.17) is 4.74 Å². The maximum Gasteiger partial charge on any atom is 0.245 e. The highest BCUT2D eigenvalue weighted by atomic mass is 19.1. The topological polar surface area (TPSA) is 49.9 Å². The number of piperidine rings is 1. The van der Waals surface area contributed by atoms with Crippen molar-refractivity contribution in [2.24, 2.45) is 5.92 Å². The Kier molecular flexibility index (Phi) is 5.48. The second kappa shape index (κ2) is 7.78. The summed E-state index contributed by atoms with van der Waals surface area (Å²) in [6, 6.07) is 6.33. The first-order chi connectivity index (χ1) is 12.1. The number of carbonyl (C=O) groups excluding carboxylic acids is 2. The van der Waals surface area contributed by atoms with Gasteiger partial charge in [0.25, 0.3) is 0 Å². The van der Waals surface area contributed by atoms with Crippen LogP contribution < -0.4 is 0 Å². The minimum atomic E-state index is -0.302. The van der Waals surface area contributed by atoms with Gasteiger partial charge in [0, 0.05) is 25.6 Å². The third-order valence-corrected chi connectivity index (χ3v) is 4.93. The van der Waals surface area contributed by atoms with Gasteiger partial charge in [0.05, 0.1) is 13.2 Å². The zero-order chi connectivity index (χ0) is 17.8. The lowest BCUT2D eigenvalue weighted by molar-refractivity contribution is -0.146. The molecule has 2 saturated heterocycles. The standard InChI is InChI=1S/C19H23FN2O3/c1-2-18(23)21-8-6-14(7-9-21)19(24)22-10-11-25-17(13-22)15-4-3-5-16(20)12-15/h2-5,12,14,17H,1,6-11,13H2. The van der Waals surface area contributed by atoms with E-state index in [1.165, 1.54) is 18.2 Å². The average Bonchev–Trinajstić information content (AvgIpc) is 2.67. The second-order valence-corrected chi connectivity index (χ2v) is 6.50. The minimum Gasteiger partial charge on any atom is -0.370 e. The van der Waals surface area contributed by atoms with E-state index in [0.29, 0.717) is 45.6 Å². The summed E-state index contributed by atoms with van der Waals surface area (Å²) < 4.78 is 19.1. The number of hydrogen-bond donors (Lipinski definition) is 0. The fraction of sp³-hybridized carbons (Fsp3) is 0.474. The van der Waals surface area contributed by atoms with Crippen LogP contribution in [0.1, 0.15) is 24.5 Å². The summed E-state index contributed by atoms with van der Waals surface area (Å²) in [5.41, 5.74) is 0.754. The summed E-state index contributed by atoms with van der Waals surface area (Å²) in [7, 11) is 0. The first-order valence-electron chi connectivity index (χ1n) is 8.65. The van der Waals surface area contributed by atoms with Gasteiger partial charge in [-0.1, -0.05) is 18.7 Å². The Hall–Kier alpha value is -2.21. The van der Waals surface area contributed by atoms with Crippen LogP contribution in [-0.2, 0) is 14.3 Å². The highest BCUT2D eigenvalue weighted by Gasteiger charge is 2.32. The molecule has 0 N–H and O–H groups in total. The Morgan fingerprint density at radius 1 is 1.20 bits per heavy atom. The van der Waals surface area contributed by atoms with Crippen LogP contribution in [0.5, 0.6) is 0 Å². The molecule has 5 nitrogen and oxygen atoms in total. The van der Waals surface area contributed by atoms with E-state index in [1.54, 1.807) is 11.0 Å². The molecule has 0 spiro atoms. The molecule has 6 heteroatoms. The van der Waals surface area contributed by atoms with Gasteiger partial charge in [0.2, 0.25) is 11.8 Å². The molecule has 134 valence electrons. The van der Waals surface area contributed by atoms with Gasteiger partial charge in [-0.05, 0) is 36.6 Å². The van der Waals surface area contributed by atoms with Crippen molar-refractivity contribution < 1.29 is 18.7 Å². The van der Waals surface area contributed by atoms with Crippen molar-refractivity contribution in [3.63, 3.8) is 0 Å². The first kappa shape index (κ1) is 17.6. The molecule has 2 aliphatic heterocycles. The average molecular weight is 346 g/mol. The van der Waals surface area contributed by atoms with Crippen molar-refractivity contribution in [2.45, 2.75) is 18.9 Å². The number of benzene rings is 1. The SMILES string of the molecule is C=CC(=O)N1CCC(C(=O)N2CCOC(c3cccc(F)c3)C2)CC1. The highest BCUT2D eigenvalue weighted by molar-refractivity contribution is 5.87. The lowest BCUT2D eigenvalue weighted by Crippen LogP contribution is -2.48. The molecule has 0 saturated carbocycles. The molecule has 25 heavy (non-hydrogen) atoms. The van der Waals surface area contributed by atoms with Crippen LogP contribution in [0.4, 0.5) is 4.39 Å². The largest absolute Gasteiger partial charge is 0.370 e. The molecule has 2 heterocycles. The summed E-state index contributed by atoms with van der Waals surface area (Å²) in [5, 5.41) is 0. The zero-order valence-electron chi connectivity index (χ0n) is 14.2. The molecule has 1 aromatic rings. The van der Waals surface area contributed by atoms with Crippen molar-refractivity contribution >= 4 is 11.8 Å². The Morgan fingerprint density at radius 2 is 1.96 bits per heavy atom. The molecular weight excluding hydrogens is 323 g/mol. The number of likely N-dealkylation sites (tertiary alicyclic amines) is 1. The maximum atomic E-state index is 13.4. The molecule has 2 fully saturated rings. The summed E-state index contributed by atoms with van der Waals surface area (Å²) >= 11 is 0. The van der Waals surface area contributed by atoms with Crippen LogP contribution in [-0.4, -0.2) is 54.4 Å². The number of rotatable bonds is 3. The van der Waals surface area contributed by atoms with Crippen LogP contribution in [0.25, 0.3) is 0 Å². The van der Waals surface area contributed by atoms with Gasteiger partial charge < -0.3 is 14.5 Å². The third kappa shape index (κ3) is 4.07. The summed E-state index contributed by atoms with van der Waals surface area (Å²) in [4.78, 5) is 28.0. The fourth-order valence-corrected chi connectivity index (χ4v) is 3.49. The van der Waals surface area contributed by atoms with Crippen LogP contribution in [0.15, 0.2) is 36.9 Å². The van der Waals surface area contributed by atoms with E-state index in [9.17, 15) is 14.0 Å². The van der Waals surface area contributed by atoms with Crippen molar-refractivity contribution in [3.05, 3.63) is 48.3 Å². The van der Waals surface area contributed by atoms with E-state index in [0.717, 1.165) is 5.56 Å². The number of ether oxygens (including phenoxy) is 1. The maximum absolute atomic E-state index is 13.4. The van der Waals surface area contributed by atoms with Crippen LogP contribution in [0.2, 0.25) is 0 Å². The van der Waals surface area contributed by atoms with Crippen LogP contribution in [0, 0.1) is 11.7 Å². The van der Waals surface area contributed by atoms with Gasteiger partial charge in [-0.15, -0.1) is 0 Å². The van der Waals surface area contributed by atoms with Gasteiger partial charge in [0.1, 0.15) is 11.9 Å². The minimum absolute atomic E-state index is 0.0693. The predicted octanol–water partition coefficient (Wildman–Crippen LogP) is 2.15. The van der Waals surface area contributed by atoms with Crippen molar-refractivity contribution in [1.82, 2.24) is 9.80 Å². The zero-order valence-corrected chi connectivity index (χ0v) is 14.2. The number of morpholine rings is 1. The number of halogens is 1. The van der Waals surface area contributed by atoms with Crippen molar-refractivity contribution in [3.8, 4) is 0 Å². The number of nitrogens with zero attached hydrogens (tertiary/aromatic N) is 2. The molecule has 2 aliphatic rings. The third-order valence-electron chi connectivity index (χ3n) is 4.93. The first-order valence-corrected chi connectivity index (χ1v) is 8.65. The highest BCUT2D eigenvalue weighted by Crippen LogP contribution is 2.26. The molecule has 0 bridgehead atoms. The molecule has 1 aromatic carbocycles. The predicted molar refractivity (Wildman–Crippen MR) is 91.2 cm³/mol. The van der Waals surface area contributed by atoms with E-state index < -0.39 is 0 Å². The Labute approximate surface area is 147 Å². The molecule has 1 atom stereocenters. The van der Waals surface area contributed by atoms with E-state index in [-0.39, 0.29) is 29.7 Å². The summed E-state index contributed by atoms with van der Waals surface area (Å²) in [6.07, 6.45) is 2.35. The second-order valence-electron chi connectivity index (χ2n) is 6.50. The number of carbonyl (C=O) groups is 2. The normalized spacial score (nSPS) is 21.9. The van der Waals surface area contributed by atoms with Gasteiger partial charge in [-0.2, -0.15) is 0 Å². The summed E-state index contributed by atoms with van der Waals surface area (Å²) in [6.45, 7) is 6.10. The van der Waals surface area contributed by atoms with Crippen LogP contribution in [0.3, 0.4) is 0 Å². The van der Waals surface area contributed by atoms with Crippen molar-refractivity contribution in [1.29, 1.82) is 0 Å².